The molecule has 0 saturated carbocycles. The van der Waals surface area contributed by atoms with Crippen molar-refractivity contribution >= 4 is 12.0 Å². The minimum Gasteiger partial charge on any atom is -0.444 e. The van der Waals surface area contributed by atoms with Crippen LogP contribution >= 0.6 is 0 Å². The number of alkyl carbamates (subject to hydrolysis) is 1. The van der Waals surface area contributed by atoms with Crippen LogP contribution in [0, 0.1) is 0 Å². The lowest BCUT2D eigenvalue weighted by atomic mass is 10.2. The summed E-state index contributed by atoms with van der Waals surface area (Å²) < 4.78 is 5.13. The number of nitrogens with one attached hydrogen (secondary N) is 2. The SMILES string of the molecule is C=CCC(NC(=O)OC(C)(C)C)C(=O)NOCc1ccccc1. The van der Waals surface area contributed by atoms with Gasteiger partial charge < -0.3 is 10.1 Å². The van der Waals surface area contributed by atoms with Crippen molar-refractivity contribution in [2.45, 2.75) is 45.4 Å². The molecule has 1 aromatic carbocycles. The Morgan fingerprint density at radius 2 is 1.91 bits per heavy atom. The van der Waals surface area contributed by atoms with Crippen LogP contribution in [0.3, 0.4) is 0 Å². The van der Waals surface area contributed by atoms with Crippen molar-refractivity contribution in [2.75, 3.05) is 0 Å². The fraction of sp³-hybridized carbons (Fsp3) is 0.412. The smallest absolute Gasteiger partial charge is 0.408 e. The zero-order chi connectivity index (χ0) is 17.3. The van der Waals surface area contributed by atoms with Gasteiger partial charge in [-0.05, 0) is 32.8 Å². The van der Waals surface area contributed by atoms with Crippen LogP contribution in [0.4, 0.5) is 4.79 Å². The zero-order valence-electron chi connectivity index (χ0n) is 13.8. The van der Waals surface area contributed by atoms with Crippen LogP contribution in [0.2, 0.25) is 0 Å². The highest BCUT2D eigenvalue weighted by molar-refractivity contribution is 5.85. The van der Waals surface area contributed by atoms with Crippen molar-refractivity contribution in [3.8, 4) is 0 Å². The van der Waals surface area contributed by atoms with Gasteiger partial charge in [0, 0.05) is 0 Å². The largest absolute Gasteiger partial charge is 0.444 e. The molecule has 0 radical (unpaired) electrons. The second-order valence-electron chi connectivity index (χ2n) is 5.96. The summed E-state index contributed by atoms with van der Waals surface area (Å²) in [5.74, 6) is -0.466. The van der Waals surface area contributed by atoms with Crippen LogP contribution in [-0.2, 0) is 21.0 Å². The number of hydrogen-bond donors (Lipinski definition) is 2. The van der Waals surface area contributed by atoms with Crippen LogP contribution < -0.4 is 10.8 Å². The summed E-state index contributed by atoms with van der Waals surface area (Å²) in [5, 5.41) is 2.50. The van der Waals surface area contributed by atoms with Crippen LogP contribution in [0.25, 0.3) is 0 Å². The van der Waals surface area contributed by atoms with E-state index < -0.39 is 23.6 Å². The molecule has 6 heteroatoms. The van der Waals surface area contributed by atoms with Crippen molar-refractivity contribution in [1.82, 2.24) is 10.8 Å². The van der Waals surface area contributed by atoms with Gasteiger partial charge in [-0.1, -0.05) is 36.4 Å². The predicted octanol–water partition coefficient (Wildman–Crippen LogP) is 2.70. The Morgan fingerprint density at radius 1 is 1.26 bits per heavy atom. The van der Waals surface area contributed by atoms with Gasteiger partial charge in [-0.15, -0.1) is 6.58 Å². The number of rotatable bonds is 7. The molecule has 126 valence electrons. The number of hydrogen-bond acceptors (Lipinski definition) is 4. The Balaban J connectivity index is 2.47. The summed E-state index contributed by atoms with van der Waals surface area (Å²) in [6.45, 7) is 9.06. The highest BCUT2D eigenvalue weighted by Crippen LogP contribution is 2.07. The normalized spacial score (nSPS) is 12.1. The van der Waals surface area contributed by atoms with E-state index >= 15 is 0 Å². The number of carbonyl (C=O) groups is 2. The van der Waals surface area contributed by atoms with E-state index in [4.69, 9.17) is 9.57 Å². The standard InChI is InChI=1S/C17H24N2O4/c1-5-9-14(18-16(21)23-17(2,3)4)15(20)19-22-12-13-10-7-6-8-11-13/h5-8,10-11,14H,1,9,12H2,2-4H3,(H,18,21)(H,19,20). The number of ether oxygens (including phenoxy) is 1. The third-order valence-electron chi connectivity index (χ3n) is 2.66. The number of amides is 2. The first-order valence-corrected chi connectivity index (χ1v) is 7.38. The van der Waals surface area contributed by atoms with E-state index in [1.807, 2.05) is 30.3 Å². The fourth-order valence-electron chi connectivity index (χ4n) is 1.68. The molecule has 1 rings (SSSR count). The summed E-state index contributed by atoms with van der Waals surface area (Å²) >= 11 is 0. The first kappa shape index (κ1) is 18.7. The maximum Gasteiger partial charge on any atom is 0.408 e. The Kier molecular flexibility index (Phi) is 7.28. The lowest BCUT2D eigenvalue weighted by molar-refractivity contribution is -0.136. The maximum atomic E-state index is 12.1. The van der Waals surface area contributed by atoms with E-state index in [1.54, 1.807) is 26.8 Å². The first-order valence-electron chi connectivity index (χ1n) is 7.38. The molecule has 6 nitrogen and oxygen atoms in total. The Morgan fingerprint density at radius 3 is 2.48 bits per heavy atom. The van der Waals surface area contributed by atoms with Gasteiger partial charge in [-0.2, -0.15) is 0 Å². The summed E-state index contributed by atoms with van der Waals surface area (Å²) in [6.07, 6.45) is 1.14. The third-order valence-corrected chi connectivity index (χ3v) is 2.66. The molecule has 23 heavy (non-hydrogen) atoms. The maximum absolute atomic E-state index is 12.1. The van der Waals surface area contributed by atoms with Gasteiger partial charge in [-0.25, -0.2) is 10.3 Å². The molecule has 0 spiro atoms. The molecular weight excluding hydrogens is 296 g/mol. The van der Waals surface area contributed by atoms with E-state index in [2.05, 4.69) is 17.4 Å². The molecule has 1 atom stereocenters. The van der Waals surface area contributed by atoms with E-state index in [1.165, 1.54) is 0 Å². The number of hydroxylamine groups is 1. The van der Waals surface area contributed by atoms with E-state index in [-0.39, 0.29) is 13.0 Å². The quantitative estimate of drug-likeness (QED) is 0.598. The second-order valence-corrected chi connectivity index (χ2v) is 5.96. The zero-order valence-corrected chi connectivity index (χ0v) is 13.8. The van der Waals surface area contributed by atoms with Crippen LogP contribution in [0.5, 0.6) is 0 Å². The Hall–Kier alpha value is -2.34. The molecule has 0 heterocycles. The summed E-state index contributed by atoms with van der Waals surface area (Å²) in [6, 6.07) is 8.61. The van der Waals surface area contributed by atoms with Crippen molar-refractivity contribution in [1.29, 1.82) is 0 Å². The van der Waals surface area contributed by atoms with Crippen molar-refractivity contribution in [3.05, 3.63) is 48.6 Å². The summed E-state index contributed by atoms with van der Waals surface area (Å²) in [7, 11) is 0. The molecule has 1 aromatic rings. The first-order chi connectivity index (χ1) is 10.8. The average molecular weight is 320 g/mol. The highest BCUT2D eigenvalue weighted by Gasteiger charge is 2.23. The highest BCUT2D eigenvalue weighted by atomic mass is 16.7. The van der Waals surface area contributed by atoms with E-state index in [0.29, 0.717) is 0 Å². The molecule has 0 aromatic heterocycles. The predicted molar refractivity (Wildman–Crippen MR) is 87.3 cm³/mol. The van der Waals surface area contributed by atoms with Crippen molar-refractivity contribution < 1.29 is 19.2 Å². The number of carbonyl (C=O) groups excluding carboxylic acids is 2. The fourth-order valence-corrected chi connectivity index (χ4v) is 1.68. The molecule has 2 amide bonds. The minimum absolute atomic E-state index is 0.236. The topological polar surface area (TPSA) is 76.7 Å². The van der Waals surface area contributed by atoms with Gasteiger partial charge in [0.25, 0.3) is 5.91 Å². The van der Waals surface area contributed by atoms with Gasteiger partial charge in [0.2, 0.25) is 0 Å². The molecule has 0 bridgehead atoms. The Bertz CT molecular complexity index is 523. The second kappa shape index (κ2) is 8.95. The van der Waals surface area contributed by atoms with Gasteiger partial charge in [0.05, 0.1) is 6.61 Å². The molecule has 2 N–H and O–H groups in total. The van der Waals surface area contributed by atoms with Gasteiger partial charge in [0.15, 0.2) is 0 Å². The van der Waals surface area contributed by atoms with Crippen LogP contribution in [0.15, 0.2) is 43.0 Å². The molecule has 0 saturated heterocycles. The lowest BCUT2D eigenvalue weighted by Gasteiger charge is -2.22. The molecule has 0 fully saturated rings. The summed E-state index contributed by atoms with van der Waals surface area (Å²) in [5.41, 5.74) is 2.62. The molecular formula is C17H24N2O4. The van der Waals surface area contributed by atoms with Gasteiger partial charge in [0.1, 0.15) is 11.6 Å². The minimum atomic E-state index is -0.807. The average Bonchev–Trinajstić information content (AvgIpc) is 2.46. The molecule has 0 aliphatic carbocycles. The third kappa shape index (κ3) is 8.01. The lowest BCUT2D eigenvalue weighted by Crippen LogP contribution is -2.47. The number of benzene rings is 1. The van der Waals surface area contributed by atoms with Crippen molar-refractivity contribution in [3.63, 3.8) is 0 Å². The van der Waals surface area contributed by atoms with Crippen molar-refractivity contribution in [2.24, 2.45) is 0 Å². The molecule has 0 aliphatic heterocycles. The van der Waals surface area contributed by atoms with Gasteiger partial charge >= 0.3 is 6.09 Å². The summed E-state index contributed by atoms with van der Waals surface area (Å²) in [4.78, 5) is 29.0. The molecule has 0 aliphatic rings. The Labute approximate surface area is 136 Å². The monoisotopic (exact) mass is 320 g/mol. The van der Waals surface area contributed by atoms with E-state index in [9.17, 15) is 9.59 Å². The molecule has 1 unspecified atom stereocenters. The van der Waals surface area contributed by atoms with Crippen LogP contribution in [-0.4, -0.2) is 23.6 Å². The van der Waals surface area contributed by atoms with Gasteiger partial charge in [-0.3, -0.25) is 9.63 Å². The van der Waals surface area contributed by atoms with Crippen LogP contribution in [0.1, 0.15) is 32.8 Å². The van der Waals surface area contributed by atoms with E-state index in [0.717, 1.165) is 5.56 Å².